The van der Waals surface area contributed by atoms with Crippen molar-refractivity contribution in [1.82, 2.24) is 0 Å². The highest BCUT2D eigenvalue weighted by atomic mass is 79.9. The largest absolute Gasteiger partial charge is 0.452 e. The van der Waals surface area contributed by atoms with E-state index in [9.17, 15) is 14.0 Å². The third-order valence-corrected chi connectivity index (χ3v) is 3.85. The maximum Gasteiger partial charge on any atom is 0.331 e. The lowest BCUT2D eigenvalue weighted by Gasteiger charge is -2.09. The van der Waals surface area contributed by atoms with Crippen molar-refractivity contribution in [2.75, 3.05) is 11.9 Å². The van der Waals surface area contributed by atoms with Crippen LogP contribution in [-0.2, 0) is 14.3 Å². The van der Waals surface area contributed by atoms with Crippen molar-refractivity contribution in [1.29, 1.82) is 0 Å². The quantitative estimate of drug-likeness (QED) is 0.592. The monoisotopic (exact) mass is 405 g/mol. The van der Waals surface area contributed by atoms with Gasteiger partial charge in [0.05, 0.1) is 0 Å². The van der Waals surface area contributed by atoms with E-state index < -0.39 is 24.3 Å². The van der Waals surface area contributed by atoms with Gasteiger partial charge in [-0.15, -0.1) is 0 Å². The van der Waals surface area contributed by atoms with Crippen molar-refractivity contribution in [2.24, 2.45) is 0 Å². The van der Waals surface area contributed by atoms with Crippen molar-refractivity contribution in [2.45, 2.75) is 13.8 Å². The Morgan fingerprint density at radius 1 is 1.20 bits per heavy atom. The standard InChI is InChI=1S/C19H17BrFNO3/c1-12-3-7-17(13(2)9-12)22-18(23)11-25-19(24)8-4-14-10-15(20)5-6-16(14)21/h3-10H,11H2,1-2H3,(H,22,23)/b8-4+. The van der Waals surface area contributed by atoms with E-state index in [1.165, 1.54) is 18.2 Å². The Morgan fingerprint density at radius 3 is 2.68 bits per heavy atom. The van der Waals surface area contributed by atoms with Gasteiger partial charge in [0.2, 0.25) is 0 Å². The molecule has 0 saturated carbocycles. The zero-order valence-corrected chi connectivity index (χ0v) is 15.4. The molecular formula is C19H17BrFNO3. The number of halogens is 2. The topological polar surface area (TPSA) is 55.4 Å². The van der Waals surface area contributed by atoms with Crippen LogP contribution in [0.15, 0.2) is 46.9 Å². The Hall–Kier alpha value is -2.47. The maximum absolute atomic E-state index is 13.6. The molecule has 0 radical (unpaired) electrons. The zero-order valence-electron chi connectivity index (χ0n) is 13.8. The Kier molecular flexibility index (Phi) is 6.47. The lowest BCUT2D eigenvalue weighted by Crippen LogP contribution is -2.20. The highest BCUT2D eigenvalue weighted by molar-refractivity contribution is 9.10. The fourth-order valence-electron chi connectivity index (χ4n) is 2.13. The molecule has 0 aliphatic heterocycles. The zero-order chi connectivity index (χ0) is 18.4. The fourth-order valence-corrected chi connectivity index (χ4v) is 2.50. The van der Waals surface area contributed by atoms with Crippen LogP contribution >= 0.6 is 15.9 Å². The highest BCUT2D eigenvalue weighted by Crippen LogP contribution is 2.17. The molecule has 1 N–H and O–H groups in total. The molecule has 4 nitrogen and oxygen atoms in total. The minimum Gasteiger partial charge on any atom is -0.452 e. The van der Waals surface area contributed by atoms with Gasteiger partial charge in [-0.25, -0.2) is 9.18 Å². The van der Waals surface area contributed by atoms with E-state index in [-0.39, 0.29) is 5.56 Å². The number of amides is 1. The smallest absolute Gasteiger partial charge is 0.331 e. The number of carbonyl (C=O) groups excluding carboxylic acids is 2. The molecular weight excluding hydrogens is 389 g/mol. The number of esters is 1. The average molecular weight is 406 g/mol. The van der Waals surface area contributed by atoms with E-state index >= 15 is 0 Å². The van der Waals surface area contributed by atoms with Gasteiger partial charge in [-0.2, -0.15) is 0 Å². The molecule has 0 unspecified atom stereocenters. The minimum atomic E-state index is -0.727. The van der Waals surface area contributed by atoms with Crippen LogP contribution in [0.5, 0.6) is 0 Å². The lowest BCUT2D eigenvalue weighted by atomic mass is 10.1. The van der Waals surface area contributed by atoms with Crippen molar-refractivity contribution in [3.63, 3.8) is 0 Å². The van der Waals surface area contributed by atoms with Crippen LogP contribution in [0.3, 0.4) is 0 Å². The maximum atomic E-state index is 13.6. The number of ether oxygens (including phenoxy) is 1. The Balaban J connectivity index is 1.87. The summed E-state index contributed by atoms with van der Waals surface area (Å²) in [5, 5.41) is 2.68. The van der Waals surface area contributed by atoms with Gasteiger partial charge in [0.25, 0.3) is 5.91 Å². The molecule has 0 aromatic heterocycles. The first kappa shape index (κ1) is 18.9. The molecule has 0 saturated heterocycles. The van der Waals surface area contributed by atoms with Gasteiger partial charge in [-0.1, -0.05) is 33.6 Å². The molecule has 0 atom stereocenters. The highest BCUT2D eigenvalue weighted by Gasteiger charge is 2.08. The molecule has 0 aliphatic rings. The predicted octanol–water partition coefficient (Wildman–Crippen LogP) is 4.40. The molecule has 6 heteroatoms. The second-order valence-corrected chi connectivity index (χ2v) is 6.39. The van der Waals surface area contributed by atoms with Gasteiger partial charge in [0.1, 0.15) is 5.82 Å². The Bertz CT molecular complexity index is 833. The van der Waals surface area contributed by atoms with Crippen LogP contribution < -0.4 is 5.32 Å². The molecule has 2 aromatic carbocycles. The van der Waals surface area contributed by atoms with Gasteiger partial charge in [-0.3, -0.25) is 4.79 Å². The lowest BCUT2D eigenvalue weighted by molar-refractivity contribution is -0.142. The molecule has 0 aliphatic carbocycles. The van der Waals surface area contributed by atoms with E-state index in [0.29, 0.717) is 10.2 Å². The summed E-state index contributed by atoms with van der Waals surface area (Å²) < 4.78 is 19.1. The van der Waals surface area contributed by atoms with E-state index in [4.69, 9.17) is 4.74 Å². The van der Waals surface area contributed by atoms with Crippen LogP contribution in [0, 0.1) is 19.7 Å². The minimum absolute atomic E-state index is 0.242. The number of anilines is 1. The molecule has 2 rings (SSSR count). The predicted molar refractivity (Wildman–Crippen MR) is 98.6 cm³/mol. The van der Waals surface area contributed by atoms with Crippen LogP contribution in [0.1, 0.15) is 16.7 Å². The number of carbonyl (C=O) groups is 2. The molecule has 0 spiro atoms. The van der Waals surface area contributed by atoms with Crippen molar-refractivity contribution in [3.8, 4) is 0 Å². The Labute approximate surface area is 153 Å². The van der Waals surface area contributed by atoms with Gasteiger partial charge >= 0.3 is 5.97 Å². The van der Waals surface area contributed by atoms with Crippen LogP contribution in [0.4, 0.5) is 10.1 Å². The number of hydrogen-bond donors (Lipinski definition) is 1. The Morgan fingerprint density at radius 2 is 1.96 bits per heavy atom. The summed E-state index contributed by atoms with van der Waals surface area (Å²) in [6.07, 6.45) is 2.37. The first-order chi connectivity index (χ1) is 11.8. The second-order valence-electron chi connectivity index (χ2n) is 5.47. The summed E-state index contributed by atoms with van der Waals surface area (Å²) in [6, 6.07) is 9.99. The number of aryl methyl sites for hydroxylation is 2. The van der Waals surface area contributed by atoms with Crippen LogP contribution in [-0.4, -0.2) is 18.5 Å². The third-order valence-electron chi connectivity index (χ3n) is 3.36. The SMILES string of the molecule is Cc1ccc(NC(=O)COC(=O)/C=C/c2cc(Br)ccc2F)c(C)c1. The number of benzene rings is 2. The molecule has 0 fully saturated rings. The molecule has 0 heterocycles. The fraction of sp³-hybridized carbons (Fsp3) is 0.158. The number of rotatable bonds is 5. The number of hydrogen-bond acceptors (Lipinski definition) is 3. The van der Waals surface area contributed by atoms with E-state index in [1.807, 2.05) is 26.0 Å². The van der Waals surface area contributed by atoms with Crippen LogP contribution in [0.25, 0.3) is 6.08 Å². The average Bonchev–Trinajstić information content (AvgIpc) is 2.56. The summed E-state index contributed by atoms with van der Waals surface area (Å²) in [6.45, 7) is 3.42. The summed E-state index contributed by atoms with van der Waals surface area (Å²) in [4.78, 5) is 23.5. The van der Waals surface area contributed by atoms with Gasteiger partial charge in [0.15, 0.2) is 6.61 Å². The second kappa shape index (κ2) is 8.58. The molecule has 25 heavy (non-hydrogen) atoms. The van der Waals surface area contributed by atoms with Gasteiger partial charge in [0, 0.05) is 21.8 Å². The first-order valence-corrected chi connectivity index (χ1v) is 8.31. The van der Waals surface area contributed by atoms with E-state index in [0.717, 1.165) is 17.2 Å². The van der Waals surface area contributed by atoms with E-state index in [2.05, 4.69) is 21.2 Å². The summed E-state index contributed by atoms with van der Waals surface area (Å²) in [5.41, 5.74) is 2.92. The summed E-state index contributed by atoms with van der Waals surface area (Å²) >= 11 is 3.23. The molecule has 0 bridgehead atoms. The van der Waals surface area contributed by atoms with E-state index in [1.54, 1.807) is 12.1 Å². The molecule has 130 valence electrons. The van der Waals surface area contributed by atoms with Crippen molar-refractivity contribution >= 4 is 39.6 Å². The van der Waals surface area contributed by atoms with Crippen LogP contribution in [0.2, 0.25) is 0 Å². The summed E-state index contributed by atoms with van der Waals surface area (Å²) in [7, 11) is 0. The van der Waals surface area contributed by atoms with Gasteiger partial charge in [-0.05, 0) is 49.8 Å². The third kappa shape index (κ3) is 5.83. The van der Waals surface area contributed by atoms with Crippen molar-refractivity contribution < 1.29 is 18.7 Å². The molecule has 2 aromatic rings. The van der Waals surface area contributed by atoms with Gasteiger partial charge < -0.3 is 10.1 Å². The summed E-state index contributed by atoms with van der Waals surface area (Å²) in [5.74, 6) is -1.63. The first-order valence-electron chi connectivity index (χ1n) is 7.52. The van der Waals surface area contributed by atoms with Crippen molar-refractivity contribution in [3.05, 3.63) is 69.5 Å². The molecule has 1 amide bonds. The normalized spacial score (nSPS) is 10.7. The number of nitrogens with one attached hydrogen (secondary N) is 1.